The Morgan fingerprint density at radius 2 is 1.79 bits per heavy atom. The number of aromatic nitrogens is 2. The maximum Gasteiger partial charge on any atom is 0.342 e. The molecule has 6 heteroatoms. The Kier molecular flexibility index (Phi) is 8.23. The second-order valence-electron chi connectivity index (χ2n) is 7.18. The van der Waals surface area contributed by atoms with Crippen LogP contribution in [0.5, 0.6) is 0 Å². The number of aryl methyl sites for hydroxylation is 2. The molecule has 0 saturated carbocycles. The van der Waals surface area contributed by atoms with Crippen molar-refractivity contribution in [3.63, 3.8) is 0 Å². The van der Waals surface area contributed by atoms with Crippen LogP contribution in [0.1, 0.15) is 65.5 Å². The third-order valence-corrected chi connectivity index (χ3v) is 4.73. The largest absolute Gasteiger partial charge is 0.452 e. The van der Waals surface area contributed by atoms with Crippen molar-refractivity contribution in [1.29, 1.82) is 0 Å². The van der Waals surface area contributed by atoms with Gasteiger partial charge in [-0.1, -0.05) is 56.0 Å². The van der Waals surface area contributed by atoms with Gasteiger partial charge >= 0.3 is 5.97 Å². The molecule has 0 aliphatic rings. The lowest BCUT2D eigenvalue weighted by Gasteiger charge is -2.08. The van der Waals surface area contributed by atoms with Gasteiger partial charge in [-0.15, -0.1) is 0 Å². The van der Waals surface area contributed by atoms with Crippen LogP contribution in [0.4, 0.5) is 0 Å². The highest BCUT2D eigenvalue weighted by atomic mass is 16.5. The van der Waals surface area contributed by atoms with E-state index < -0.39 is 5.97 Å². The summed E-state index contributed by atoms with van der Waals surface area (Å²) >= 11 is 0. The second-order valence-corrected chi connectivity index (χ2v) is 7.18. The number of esters is 1. The maximum absolute atomic E-state index is 12.5. The number of hydrogen-bond acceptors (Lipinski definition) is 4. The topological polar surface area (TPSA) is 73.2 Å². The Balaban J connectivity index is 1.90. The lowest BCUT2D eigenvalue weighted by atomic mass is 10.1. The Labute approximate surface area is 167 Å². The molecular formula is C22H31N3O3. The molecule has 1 amide bonds. The number of carbonyl (C=O) groups is 2. The van der Waals surface area contributed by atoms with Gasteiger partial charge in [0.15, 0.2) is 6.61 Å². The van der Waals surface area contributed by atoms with Crippen LogP contribution in [0.25, 0.3) is 0 Å². The molecule has 28 heavy (non-hydrogen) atoms. The number of hydrogen-bond donors (Lipinski definition) is 1. The smallest absolute Gasteiger partial charge is 0.342 e. The number of benzene rings is 1. The highest BCUT2D eigenvalue weighted by molar-refractivity contribution is 5.93. The molecule has 1 heterocycles. The van der Waals surface area contributed by atoms with Crippen molar-refractivity contribution in [3.05, 3.63) is 52.3 Å². The van der Waals surface area contributed by atoms with E-state index in [1.165, 1.54) is 5.56 Å². The normalized spacial score (nSPS) is 10.7. The molecule has 0 aliphatic carbocycles. The van der Waals surface area contributed by atoms with Gasteiger partial charge in [0.05, 0.1) is 17.9 Å². The summed E-state index contributed by atoms with van der Waals surface area (Å²) in [4.78, 5) is 24.3. The maximum atomic E-state index is 12.5. The first kappa shape index (κ1) is 21.7. The third-order valence-electron chi connectivity index (χ3n) is 4.73. The first-order valence-electron chi connectivity index (χ1n) is 9.95. The fraction of sp³-hybridized carbons (Fsp3) is 0.500. The van der Waals surface area contributed by atoms with Gasteiger partial charge in [0.1, 0.15) is 5.56 Å². The first-order chi connectivity index (χ1) is 13.4. The van der Waals surface area contributed by atoms with Gasteiger partial charge in [0, 0.05) is 6.54 Å². The molecule has 1 N–H and O–H groups in total. The fourth-order valence-electron chi connectivity index (χ4n) is 3.05. The van der Waals surface area contributed by atoms with E-state index in [-0.39, 0.29) is 12.5 Å². The summed E-state index contributed by atoms with van der Waals surface area (Å²) < 4.78 is 7.00. The van der Waals surface area contributed by atoms with Gasteiger partial charge in [-0.2, -0.15) is 5.10 Å². The van der Waals surface area contributed by atoms with Gasteiger partial charge in [0.2, 0.25) is 0 Å². The van der Waals surface area contributed by atoms with E-state index >= 15 is 0 Å². The summed E-state index contributed by atoms with van der Waals surface area (Å²) in [5.41, 5.74) is 4.09. The van der Waals surface area contributed by atoms with Gasteiger partial charge in [-0.25, -0.2) is 4.79 Å². The van der Waals surface area contributed by atoms with Crippen molar-refractivity contribution in [1.82, 2.24) is 15.1 Å². The zero-order chi connectivity index (χ0) is 20.5. The molecule has 0 bridgehead atoms. The Morgan fingerprint density at radius 3 is 2.46 bits per heavy atom. The van der Waals surface area contributed by atoms with E-state index in [1.54, 1.807) is 11.6 Å². The van der Waals surface area contributed by atoms with Gasteiger partial charge in [-0.3, -0.25) is 9.48 Å². The van der Waals surface area contributed by atoms with E-state index in [2.05, 4.69) is 41.6 Å². The number of amides is 1. The van der Waals surface area contributed by atoms with E-state index in [0.717, 1.165) is 36.9 Å². The number of rotatable bonds is 10. The zero-order valence-electron chi connectivity index (χ0n) is 17.4. The molecule has 2 aromatic rings. The van der Waals surface area contributed by atoms with E-state index in [1.807, 2.05) is 13.8 Å². The van der Waals surface area contributed by atoms with E-state index in [9.17, 15) is 9.59 Å². The molecule has 0 radical (unpaired) electrons. The van der Waals surface area contributed by atoms with Crippen LogP contribution < -0.4 is 5.32 Å². The number of nitrogens with one attached hydrogen (secondary N) is 1. The minimum Gasteiger partial charge on any atom is -0.452 e. The number of carbonyl (C=O) groups excluding carboxylic acids is 2. The van der Waals surface area contributed by atoms with Crippen LogP contribution in [0.3, 0.4) is 0 Å². The number of nitrogens with zero attached hydrogens (tertiary/aromatic N) is 2. The van der Waals surface area contributed by atoms with Crippen LogP contribution in [0.2, 0.25) is 0 Å². The zero-order valence-corrected chi connectivity index (χ0v) is 17.4. The van der Waals surface area contributed by atoms with Crippen molar-refractivity contribution in [3.8, 4) is 0 Å². The molecule has 1 aromatic heterocycles. The van der Waals surface area contributed by atoms with Crippen molar-refractivity contribution >= 4 is 11.9 Å². The lowest BCUT2D eigenvalue weighted by molar-refractivity contribution is -0.124. The molecule has 2 rings (SSSR count). The molecule has 0 atom stereocenters. The predicted molar refractivity (Wildman–Crippen MR) is 109 cm³/mol. The Bertz CT molecular complexity index is 794. The highest BCUT2D eigenvalue weighted by Gasteiger charge is 2.21. The summed E-state index contributed by atoms with van der Waals surface area (Å²) in [5, 5.41) is 7.25. The summed E-state index contributed by atoms with van der Waals surface area (Å²) in [5.74, 6) is -0.779. The SMILES string of the molecule is CCCCCCNC(=O)COC(=O)c1c(C)nn(Cc2ccc(C)cc2)c1C. The lowest BCUT2D eigenvalue weighted by Crippen LogP contribution is -2.29. The Morgan fingerprint density at radius 1 is 1.07 bits per heavy atom. The van der Waals surface area contributed by atoms with Crippen molar-refractivity contribution in [2.75, 3.05) is 13.2 Å². The molecule has 0 unspecified atom stereocenters. The molecule has 0 fully saturated rings. The summed E-state index contributed by atoms with van der Waals surface area (Å²) in [6.07, 6.45) is 4.35. The predicted octanol–water partition coefficient (Wildman–Crippen LogP) is 3.71. The fourth-order valence-corrected chi connectivity index (χ4v) is 3.05. The third kappa shape index (κ3) is 6.22. The standard InChI is InChI=1S/C22H31N3O3/c1-5-6-7-8-13-23-20(26)15-28-22(27)21-17(3)24-25(18(21)4)14-19-11-9-16(2)10-12-19/h9-12H,5-8,13-15H2,1-4H3,(H,23,26). The van der Waals surface area contributed by atoms with Crippen molar-refractivity contribution in [2.24, 2.45) is 0 Å². The average Bonchev–Trinajstić information content (AvgIpc) is 2.95. The number of unbranched alkanes of at least 4 members (excludes halogenated alkanes) is 3. The van der Waals surface area contributed by atoms with Gasteiger partial charge < -0.3 is 10.1 Å². The molecule has 0 saturated heterocycles. The number of ether oxygens (including phenoxy) is 1. The van der Waals surface area contributed by atoms with Crippen LogP contribution >= 0.6 is 0 Å². The molecular weight excluding hydrogens is 354 g/mol. The molecule has 152 valence electrons. The summed E-state index contributed by atoms with van der Waals surface area (Å²) in [7, 11) is 0. The average molecular weight is 386 g/mol. The molecule has 6 nitrogen and oxygen atoms in total. The van der Waals surface area contributed by atoms with Gasteiger partial charge in [-0.05, 0) is 32.8 Å². The van der Waals surface area contributed by atoms with Crippen LogP contribution in [-0.2, 0) is 16.1 Å². The molecule has 1 aromatic carbocycles. The minimum absolute atomic E-state index is 0.269. The molecule has 0 aliphatic heterocycles. The highest BCUT2D eigenvalue weighted by Crippen LogP contribution is 2.16. The first-order valence-corrected chi connectivity index (χ1v) is 9.95. The van der Waals surface area contributed by atoms with Crippen LogP contribution in [0.15, 0.2) is 24.3 Å². The second kappa shape index (κ2) is 10.6. The quantitative estimate of drug-likeness (QED) is 0.500. The Hall–Kier alpha value is -2.63. The van der Waals surface area contributed by atoms with E-state index in [4.69, 9.17) is 4.74 Å². The summed E-state index contributed by atoms with van der Waals surface area (Å²) in [6.45, 7) is 8.74. The summed E-state index contributed by atoms with van der Waals surface area (Å²) in [6, 6.07) is 8.21. The van der Waals surface area contributed by atoms with Crippen LogP contribution in [0, 0.1) is 20.8 Å². The molecule has 0 spiro atoms. The van der Waals surface area contributed by atoms with Crippen molar-refractivity contribution in [2.45, 2.75) is 59.9 Å². The minimum atomic E-state index is -0.508. The monoisotopic (exact) mass is 385 g/mol. The van der Waals surface area contributed by atoms with Crippen molar-refractivity contribution < 1.29 is 14.3 Å². The van der Waals surface area contributed by atoms with Gasteiger partial charge in [0.25, 0.3) is 5.91 Å². The van der Waals surface area contributed by atoms with Crippen LogP contribution in [-0.4, -0.2) is 34.8 Å². The van der Waals surface area contributed by atoms with E-state index in [0.29, 0.717) is 24.3 Å².